The molecular weight excluding hydrogens is 266 g/mol. The fourth-order valence-electron chi connectivity index (χ4n) is 2.60. The monoisotopic (exact) mass is 289 g/mol. The van der Waals surface area contributed by atoms with Gasteiger partial charge in [-0.15, -0.1) is 0 Å². The maximum Gasteiger partial charge on any atom is 0.325 e. The highest BCUT2D eigenvalue weighted by Crippen LogP contribution is 2.14. The summed E-state index contributed by atoms with van der Waals surface area (Å²) in [6.07, 6.45) is 2.33. The number of hydrogen-bond acceptors (Lipinski definition) is 3. The SMILES string of the molecule is Cc1ccc(NC(=O)NC(=O)CN2CCCC(C)C2)cc1. The number of rotatable bonds is 3. The molecule has 0 radical (unpaired) electrons. The fraction of sp³-hybridized carbons (Fsp3) is 0.500. The largest absolute Gasteiger partial charge is 0.325 e. The van der Waals surface area contributed by atoms with E-state index in [4.69, 9.17) is 0 Å². The number of imide groups is 1. The third-order valence-electron chi connectivity index (χ3n) is 3.67. The number of hydrogen-bond donors (Lipinski definition) is 2. The summed E-state index contributed by atoms with van der Waals surface area (Å²) >= 11 is 0. The highest BCUT2D eigenvalue weighted by molar-refractivity contribution is 6.01. The minimum atomic E-state index is -0.478. The zero-order chi connectivity index (χ0) is 15.2. The molecule has 5 heteroatoms. The number of piperidine rings is 1. The third-order valence-corrected chi connectivity index (χ3v) is 3.67. The van der Waals surface area contributed by atoms with Crippen molar-refractivity contribution in [3.63, 3.8) is 0 Å². The Morgan fingerprint density at radius 2 is 2.00 bits per heavy atom. The summed E-state index contributed by atoms with van der Waals surface area (Å²) in [5, 5.41) is 5.03. The number of anilines is 1. The van der Waals surface area contributed by atoms with E-state index in [1.165, 1.54) is 6.42 Å². The molecule has 21 heavy (non-hydrogen) atoms. The Morgan fingerprint density at radius 1 is 1.29 bits per heavy atom. The first-order valence-corrected chi connectivity index (χ1v) is 7.43. The van der Waals surface area contributed by atoms with Crippen LogP contribution in [0.2, 0.25) is 0 Å². The Kier molecular flexibility index (Phi) is 5.33. The minimum absolute atomic E-state index is 0.256. The Balaban J connectivity index is 1.76. The second-order valence-corrected chi connectivity index (χ2v) is 5.85. The quantitative estimate of drug-likeness (QED) is 0.898. The van der Waals surface area contributed by atoms with Crippen LogP contribution < -0.4 is 10.6 Å². The second kappa shape index (κ2) is 7.22. The van der Waals surface area contributed by atoms with Gasteiger partial charge in [0.2, 0.25) is 5.91 Å². The molecule has 1 unspecified atom stereocenters. The van der Waals surface area contributed by atoms with Crippen LogP contribution in [0.15, 0.2) is 24.3 Å². The van der Waals surface area contributed by atoms with Gasteiger partial charge in [-0.1, -0.05) is 24.6 Å². The normalized spacial score (nSPS) is 19.0. The van der Waals surface area contributed by atoms with Gasteiger partial charge in [-0.25, -0.2) is 4.79 Å². The lowest BCUT2D eigenvalue weighted by Crippen LogP contribution is -2.44. The molecule has 0 bridgehead atoms. The fourth-order valence-corrected chi connectivity index (χ4v) is 2.60. The van der Waals surface area contributed by atoms with Crippen molar-refractivity contribution in [2.75, 3.05) is 25.0 Å². The van der Waals surface area contributed by atoms with Crippen molar-refractivity contribution in [3.8, 4) is 0 Å². The molecule has 1 aliphatic rings. The van der Waals surface area contributed by atoms with Gasteiger partial charge in [0.15, 0.2) is 0 Å². The number of carbonyl (C=O) groups excluding carboxylic acids is 2. The average molecular weight is 289 g/mol. The molecule has 3 amide bonds. The summed E-state index contributed by atoms with van der Waals surface area (Å²) in [4.78, 5) is 25.7. The number of urea groups is 1. The van der Waals surface area contributed by atoms with Crippen LogP contribution in [0, 0.1) is 12.8 Å². The molecule has 0 spiro atoms. The van der Waals surface area contributed by atoms with Gasteiger partial charge in [0.1, 0.15) is 0 Å². The van der Waals surface area contributed by atoms with Gasteiger partial charge < -0.3 is 5.32 Å². The lowest BCUT2D eigenvalue weighted by Gasteiger charge is -2.29. The van der Waals surface area contributed by atoms with Gasteiger partial charge >= 0.3 is 6.03 Å². The number of likely N-dealkylation sites (tertiary alicyclic amines) is 1. The first-order chi connectivity index (χ1) is 10.0. The van der Waals surface area contributed by atoms with Gasteiger partial charge in [0, 0.05) is 12.2 Å². The molecule has 0 saturated carbocycles. The van der Waals surface area contributed by atoms with Crippen molar-refractivity contribution >= 4 is 17.6 Å². The van der Waals surface area contributed by atoms with E-state index in [0.29, 0.717) is 11.6 Å². The van der Waals surface area contributed by atoms with Crippen LogP contribution in [-0.4, -0.2) is 36.5 Å². The topological polar surface area (TPSA) is 61.4 Å². The first-order valence-electron chi connectivity index (χ1n) is 7.43. The van der Waals surface area contributed by atoms with Crippen molar-refractivity contribution in [3.05, 3.63) is 29.8 Å². The standard InChI is InChI=1S/C16H23N3O2/c1-12-5-7-14(8-6-12)17-16(21)18-15(20)11-19-9-3-4-13(2)10-19/h5-8,13H,3-4,9-11H2,1-2H3,(H2,17,18,20,21). The average Bonchev–Trinajstić information content (AvgIpc) is 2.41. The molecule has 1 aromatic carbocycles. The van der Waals surface area contributed by atoms with E-state index >= 15 is 0 Å². The van der Waals surface area contributed by atoms with Gasteiger partial charge in [-0.3, -0.25) is 15.0 Å². The van der Waals surface area contributed by atoms with E-state index in [1.54, 1.807) is 0 Å². The smallest absolute Gasteiger partial charge is 0.308 e. The second-order valence-electron chi connectivity index (χ2n) is 5.85. The van der Waals surface area contributed by atoms with Gasteiger partial charge in [0.25, 0.3) is 0 Å². The van der Waals surface area contributed by atoms with Crippen LogP contribution in [-0.2, 0) is 4.79 Å². The lowest BCUT2D eigenvalue weighted by molar-refractivity contribution is -0.121. The predicted octanol–water partition coefficient (Wildman–Crippen LogP) is 2.38. The van der Waals surface area contributed by atoms with Crippen LogP contribution in [0.1, 0.15) is 25.3 Å². The summed E-state index contributed by atoms with van der Waals surface area (Å²) in [6.45, 7) is 6.30. The van der Waals surface area contributed by atoms with Crippen LogP contribution in [0.4, 0.5) is 10.5 Å². The predicted molar refractivity (Wildman–Crippen MR) is 83.2 cm³/mol. The Bertz CT molecular complexity index is 499. The van der Waals surface area contributed by atoms with Gasteiger partial charge in [-0.05, 0) is 44.4 Å². The molecular formula is C16H23N3O2. The van der Waals surface area contributed by atoms with Crippen LogP contribution >= 0.6 is 0 Å². The van der Waals surface area contributed by atoms with Gasteiger partial charge in [0.05, 0.1) is 6.54 Å². The number of amides is 3. The highest BCUT2D eigenvalue weighted by atomic mass is 16.2. The molecule has 0 aliphatic carbocycles. The maximum absolute atomic E-state index is 11.9. The van der Waals surface area contributed by atoms with Crippen molar-refractivity contribution in [2.45, 2.75) is 26.7 Å². The zero-order valence-corrected chi connectivity index (χ0v) is 12.7. The molecule has 2 rings (SSSR count). The maximum atomic E-state index is 11.9. The molecule has 2 N–H and O–H groups in total. The summed E-state index contributed by atoms with van der Waals surface area (Å²) in [7, 11) is 0. The van der Waals surface area contributed by atoms with Crippen molar-refractivity contribution < 1.29 is 9.59 Å². The van der Waals surface area contributed by atoms with Crippen LogP contribution in [0.3, 0.4) is 0 Å². The molecule has 1 saturated heterocycles. The van der Waals surface area contributed by atoms with Crippen molar-refractivity contribution in [2.24, 2.45) is 5.92 Å². The van der Waals surface area contributed by atoms with Gasteiger partial charge in [-0.2, -0.15) is 0 Å². The number of aryl methyl sites for hydroxylation is 1. The molecule has 1 fully saturated rings. The summed E-state index contributed by atoms with van der Waals surface area (Å²) in [5.41, 5.74) is 1.80. The summed E-state index contributed by atoms with van der Waals surface area (Å²) in [6, 6.07) is 6.96. The molecule has 114 valence electrons. The van der Waals surface area contributed by atoms with Crippen LogP contribution in [0.25, 0.3) is 0 Å². The molecule has 0 aromatic heterocycles. The van der Waals surface area contributed by atoms with E-state index in [9.17, 15) is 9.59 Å². The molecule has 5 nitrogen and oxygen atoms in total. The van der Waals surface area contributed by atoms with Crippen molar-refractivity contribution in [1.82, 2.24) is 10.2 Å². The minimum Gasteiger partial charge on any atom is -0.308 e. The molecule has 1 heterocycles. The Hall–Kier alpha value is -1.88. The van der Waals surface area contributed by atoms with E-state index in [0.717, 1.165) is 25.1 Å². The number of nitrogens with zero attached hydrogens (tertiary/aromatic N) is 1. The number of nitrogens with one attached hydrogen (secondary N) is 2. The van der Waals surface area contributed by atoms with E-state index in [2.05, 4.69) is 22.5 Å². The first kappa shape index (κ1) is 15.5. The third kappa shape index (κ3) is 5.19. The van der Waals surface area contributed by atoms with Crippen molar-refractivity contribution in [1.29, 1.82) is 0 Å². The highest BCUT2D eigenvalue weighted by Gasteiger charge is 2.19. The van der Waals surface area contributed by atoms with E-state index in [-0.39, 0.29) is 12.5 Å². The number of carbonyl (C=O) groups is 2. The molecule has 1 aliphatic heterocycles. The lowest BCUT2D eigenvalue weighted by atomic mass is 10.0. The van der Waals surface area contributed by atoms with E-state index < -0.39 is 6.03 Å². The summed E-state index contributed by atoms with van der Waals surface area (Å²) in [5.74, 6) is 0.363. The molecule has 1 atom stereocenters. The Labute approximate surface area is 125 Å². The Morgan fingerprint density at radius 3 is 2.67 bits per heavy atom. The molecule has 1 aromatic rings. The van der Waals surface area contributed by atoms with Crippen LogP contribution in [0.5, 0.6) is 0 Å². The van der Waals surface area contributed by atoms with E-state index in [1.807, 2.05) is 31.2 Å². The number of benzene rings is 1. The zero-order valence-electron chi connectivity index (χ0n) is 12.7. The summed E-state index contributed by atoms with van der Waals surface area (Å²) < 4.78 is 0.